The third-order valence-corrected chi connectivity index (χ3v) is 2.72. The molecule has 2 aromatic rings. The molecule has 0 fully saturated rings. The summed E-state index contributed by atoms with van der Waals surface area (Å²) < 4.78 is 7.30. The van der Waals surface area contributed by atoms with Crippen molar-refractivity contribution in [3.8, 4) is 5.75 Å². The van der Waals surface area contributed by atoms with Gasteiger partial charge in [-0.25, -0.2) is 0 Å². The second-order valence-corrected chi connectivity index (χ2v) is 4.95. The molecule has 0 radical (unpaired) electrons. The number of carbonyl (C=O) groups is 1. The molecule has 2 rings (SSSR count). The molecule has 0 aliphatic carbocycles. The molecule has 5 nitrogen and oxygen atoms in total. The normalized spacial score (nSPS) is 10.7. The van der Waals surface area contributed by atoms with Crippen molar-refractivity contribution in [2.75, 3.05) is 5.32 Å². The topological polar surface area (TPSA) is 56.2 Å². The molecule has 106 valence electrons. The molecule has 0 aliphatic heterocycles. The fourth-order valence-corrected chi connectivity index (χ4v) is 1.94. The van der Waals surface area contributed by atoms with E-state index in [1.165, 1.54) is 0 Å². The number of para-hydroxylation sites is 2. The minimum absolute atomic E-state index is 0.0460. The van der Waals surface area contributed by atoms with Gasteiger partial charge < -0.3 is 10.1 Å². The number of hydrogen-bond donors (Lipinski definition) is 1. The monoisotopic (exact) mass is 273 g/mol. The van der Waals surface area contributed by atoms with Crippen LogP contribution in [0.25, 0.3) is 0 Å². The van der Waals surface area contributed by atoms with Gasteiger partial charge in [0, 0.05) is 18.8 Å². The summed E-state index contributed by atoms with van der Waals surface area (Å²) in [5.74, 6) is 0.423. The summed E-state index contributed by atoms with van der Waals surface area (Å²) in [6.07, 6.45) is 1.86. The summed E-state index contributed by atoms with van der Waals surface area (Å²) in [5, 5.41) is 7.01. The molecule has 20 heavy (non-hydrogen) atoms. The number of rotatable bonds is 4. The highest BCUT2D eigenvalue weighted by molar-refractivity contribution is 6.04. The first-order chi connectivity index (χ1) is 9.47. The van der Waals surface area contributed by atoms with E-state index in [1.807, 2.05) is 51.2 Å². The van der Waals surface area contributed by atoms with Gasteiger partial charge in [-0.2, -0.15) is 5.10 Å². The summed E-state index contributed by atoms with van der Waals surface area (Å²) in [6.45, 7) is 5.75. The number of nitrogens with zero attached hydrogens (tertiary/aromatic N) is 2. The Morgan fingerprint density at radius 1 is 1.35 bits per heavy atom. The van der Waals surface area contributed by atoms with Crippen molar-refractivity contribution in [1.29, 1.82) is 0 Å². The molecule has 0 bridgehead atoms. The Hall–Kier alpha value is -2.30. The van der Waals surface area contributed by atoms with Gasteiger partial charge in [0.25, 0.3) is 5.91 Å². The summed E-state index contributed by atoms with van der Waals surface area (Å²) in [7, 11) is 1.79. The predicted octanol–water partition coefficient (Wildman–Crippen LogP) is 2.77. The van der Waals surface area contributed by atoms with Gasteiger partial charge in [0.1, 0.15) is 5.75 Å². The smallest absolute Gasteiger partial charge is 0.276 e. The van der Waals surface area contributed by atoms with E-state index in [-0.39, 0.29) is 12.0 Å². The van der Waals surface area contributed by atoms with E-state index in [1.54, 1.807) is 11.7 Å². The lowest BCUT2D eigenvalue weighted by atomic mass is 10.2. The van der Waals surface area contributed by atoms with E-state index in [4.69, 9.17) is 4.74 Å². The lowest BCUT2D eigenvalue weighted by Gasteiger charge is -2.14. The number of carbonyl (C=O) groups excluding carboxylic acids is 1. The number of hydrogen-bond acceptors (Lipinski definition) is 3. The largest absolute Gasteiger partial charge is 0.489 e. The van der Waals surface area contributed by atoms with Crippen LogP contribution in [0.2, 0.25) is 0 Å². The van der Waals surface area contributed by atoms with E-state index in [2.05, 4.69) is 10.4 Å². The number of aromatic nitrogens is 2. The van der Waals surface area contributed by atoms with Crippen molar-refractivity contribution in [1.82, 2.24) is 9.78 Å². The van der Waals surface area contributed by atoms with Crippen LogP contribution < -0.4 is 10.1 Å². The van der Waals surface area contributed by atoms with Gasteiger partial charge >= 0.3 is 0 Å². The van der Waals surface area contributed by atoms with Crippen LogP contribution in [0, 0.1) is 6.92 Å². The Labute approximate surface area is 118 Å². The number of ether oxygens (including phenoxy) is 1. The SMILES string of the molecule is Cc1cn(C)nc1C(=O)Nc1ccccc1OC(C)C. The minimum Gasteiger partial charge on any atom is -0.489 e. The van der Waals surface area contributed by atoms with E-state index >= 15 is 0 Å². The molecule has 0 spiro atoms. The maximum atomic E-state index is 12.2. The highest BCUT2D eigenvalue weighted by atomic mass is 16.5. The number of amides is 1. The molecule has 5 heteroatoms. The fourth-order valence-electron chi connectivity index (χ4n) is 1.94. The molecule has 1 N–H and O–H groups in total. The van der Waals surface area contributed by atoms with Crippen molar-refractivity contribution < 1.29 is 9.53 Å². The molecule has 0 atom stereocenters. The first-order valence-corrected chi connectivity index (χ1v) is 6.54. The Balaban J connectivity index is 2.22. The number of benzene rings is 1. The number of anilines is 1. The molecule has 0 unspecified atom stereocenters. The average Bonchev–Trinajstić information content (AvgIpc) is 2.70. The predicted molar refractivity (Wildman–Crippen MR) is 78.1 cm³/mol. The van der Waals surface area contributed by atoms with Gasteiger partial charge in [-0.1, -0.05) is 12.1 Å². The van der Waals surface area contributed by atoms with E-state index < -0.39 is 0 Å². The zero-order valence-corrected chi connectivity index (χ0v) is 12.2. The van der Waals surface area contributed by atoms with Gasteiger partial charge in [-0.3, -0.25) is 9.48 Å². The van der Waals surface area contributed by atoms with Gasteiger partial charge in [-0.15, -0.1) is 0 Å². The van der Waals surface area contributed by atoms with Crippen molar-refractivity contribution >= 4 is 11.6 Å². The van der Waals surface area contributed by atoms with Crippen LogP contribution in [0.3, 0.4) is 0 Å². The van der Waals surface area contributed by atoms with E-state index in [0.29, 0.717) is 17.1 Å². The Morgan fingerprint density at radius 2 is 2.05 bits per heavy atom. The van der Waals surface area contributed by atoms with Crippen LogP contribution in [0.1, 0.15) is 29.9 Å². The Bertz CT molecular complexity index is 617. The van der Waals surface area contributed by atoms with Crippen LogP contribution in [0.15, 0.2) is 30.5 Å². The molecular weight excluding hydrogens is 254 g/mol. The number of nitrogens with one attached hydrogen (secondary N) is 1. The van der Waals surface area contributed by atoms with Gasteiger partial charge in [0.15, 0.2) is 5.69 Å². The fraction of sp³-hybridized carbons (Fsp3) is 0.333. The van der Waals surface area contributed by atoms with Crippen LogP contribution in [0.4, 0.5) is 5.69 Å². The standard InChI is InChI=1S/C15H19N3O2/c1-10(2)20-13-8-6-5-7-12(13)16-15(19)14-11(3)9-18(4)17-14/h5-10H,1-4H3,(H,16,19). The zero-order valence-electron chi connectivity index (χ0n) is 12.2. The lowest BCUT2D eigenvalue weighted by Crippen LogP contribution is -2.16. The first kappa shape index (κ1) is 14.1. The first-order valence-electron chi connectivity index (χ1n) is 6.54. The molecule has 1 aromatic heterocycles. The van der Waals surface area contributed by atoms with Crippen LogP contribution in [0.5, 0.6) is 5.75 Å². The van der Waals surface area contributed by atoms with Crippen molar-refractivity contribution in [3.63, 3.8) is 0 Å². The Kier molecular flexibility index (Phi) is 4.08. The van der Waals surface area contributed by atoms with Crippen molar-refractivity contribution in [3.05, 3.63) is 41.7 Å². The molecule has 0 saturated heterocycles. The highest BCUT2D eigenvalue weighted by Gasteiger charge is 2.15. The molecule has 0 saturated carbocycles. The second kappa shape index (κ2) is 5.77. The summed E-state index contributed by atoms with van der Waals surface area (Å²) in [5.41, 5.74) is 1.91. The molecule has 1 amide bonds. The third kappa shape index (κ3) is 3.17. The lowest BCUT2D eigenvalue weighted by molar-refractivity contribution is 0.102. The van der Waals surface area contributed by atoms with Crippen LogP contribution in [-0.2, 0) is 7.05 Å². The van der Waals surface area contributed by atoms with Gasteiger partial charge in [0.05, 0.1) is 11.8 Å². The zero-order chi connectivity index (χ0) is 14.7. The molecule has 1 aromatic carbocycles. The molecular formula is C15H19N3O2. The van der Waals surface area contributed by atoms with Gasteiger partial charge in [-0.05, 0) is 32.9 Å². The summed E-state index contributed by atoms with van der Waals surface area (Å²) >= 11 is 0. The van der Waals surface area contributed by atoms with Gasteiger partial charge in [0.2, 0.25) is 0 Å². The van der Waals surface area contributed by atoms with Crippen molar-refractivity contribution in [2.24, 2.45) is 7.05 Å². The number of aryl methyl sites for hydroxylation is 2. The molecule has 0 aliphatic rings. The molecule has 1 heterocycles. The van der Waals surface area contributed by atoms with E-state index in [9.17, 15) is 4.79 Å². The van der Waals surface area contributed by atoms with Crippen LogP contribution in [-0.4, -0.2) is 21.8 Å². The minimum atomic E-state index is -0.233. The van der Waals surface area contributed by atoms with Crippen LogP contribution >= 0.6 is 0 Å². The quantitative estimate of drug-likeness (QED) is 0.932. The highest BCUT2D eigenvalue weighted by Crippen LogP contribution is 2.25. The summed E-state index contributed by atoms with van der Waals surface area (Å²) in [4.78, 5) is 12.2. The van der Waals surface area contributed by atoms with Crippen molar-refractivity contribution in [2.45, 2.75) is 26.9 Å². The Morgan fingerprint density at radius 3 is 2.65 bits per heavy atom. The third-order valence-electron chi connectivity index (χ3n) is 2.72. The van der Waals surface area contributed by atoms with E-state index in [0.717, 1.165) is 5.56 Å². The maximum Gasteiger partial charge on any atom is 0.276 e. The average molecular weight is 273 g/mol. The summed E-state index contributed by atoms with van der Waals surface area (Å²) in [6, 6.07) is 7.38. The maximum absolute atomic E-state index is 12.2. The second-order valence-electron chi connectivity index (χ2n) is 4.95.